The van der Waals surface area contributed by atoms with Crippen molar-refractivity contribution in [2.75, 3.05) is 34.5 Å². The molecular formula is C23H24ClNO6. The summed E-state index contributed by atoms with van der Waals surface area (Å²) in [6, 6.07) is 10.9. The van der Waals surface area contributed by atoms with Gasteiger partial charge >= 0.3 is 0 Å². The zero-order valence-corrected chi connectivity index (χ0v) is 18.3. The number of carbonyl (C=O) groups is 2. The summed E-state index contributed by atoms with van der Waals surface area (Å²) in [7, 11) is 4.54. The van der Waals surface area contributed by atoms with E-state index in [9.17, 15) is 14.7 Å². The summed E-state index contributed by atoms with van der Waals surface area (Å²) in [6.07, 6.45) is 0.532. The topological polar surface area (TPSA) is 85.3 Å². The number of hydrogen-bond donors (Lipinski definition) is 1. The monoisotopic (exact) mass is 445 g/mol. The third-order valence-electron chi connectivity index (χ3n) is 5.15. The van der Waals surface area contributed by atoms with E-state index in [-0.39, 0.29) is 17.9 Å². The van der Waals surface area contributed by atoms with Gasteiger partial charge in [0.1, 0.15) is 17.3 Å². The SMILES string of the molecule is COCCCN1C(=O)C(=O)/C(=C(/O)c2ccc(Cl)c(OC)c2)C1c1ccccc1OC. The lowest BCUT2D eigenvalue weighted by Crippen LogP contribution is -2.31. The van der Waals surface area contributed by atoms with Gasteiger partial charge in [-0.2, -0.15) is 0 Å². The van der Waals surface area contributed by atoms with E-state index in [1.54, 1.807) is 43.5 Å². The van der Waals surface area contributed by atoms with Crippen molar-refractivity contribution in [3.05, 3.63) is 64.2 Å². The summed E-state index contributed by atoms with van der Waals surface area (Å²) in [5, 5.41) is 11.5. The van der Waals surface area contributed by atoms with Crippen molar-refractivity contribution in [2.24, 2.45) is 0 Å². The first-order valence-electron chi connectivity index (χ1n) is 9.68. The molecular weight excluding hydrogens is 422 g/mol. The van der Waals surface area contributed by atoms with E-state index in [4.69, 9.17) is 25.8 Å². The standard InChI is InChI=1S/C23H24ClNO6/c1-29-12-6-11-25-20(15-7-4-5-8-17(15)30-2)19(22(27)23(25)28)21(26)14-9-10-16(24)18(13-14)31-3/h4-5,7-10,13,20,26H,6,11-12H2,1-3H3/b21-19+. The number of carbonyl (C=O) groups excluding carboxylic acids is 2. The van der Waals surface area contributed by atoms with Crippen LogP contribution in [-0.4, -0.2) is 56.2 Å². The predicted molar refractivity (Wildman–Crippen MR) is 117 cm³/mol. The molecule has 8 heteroatoms. The first-order valence-corrected chi connectivity index (χ1v) is 10.1. The quantitative estimate of drug-likeness (QED) is 0.288. The third kappa shape index (κ3) is 4.38. The second-order valence-electron chi connectivity index (χ2n) is 6.93. The number of halogens is 1. The smallest absolute Gasteiger partial charge is 0.295 e. The zero-order valence-electron chi connectivity index (χ0n) is 17.6. The van der Waals surface area contributed by atoms with Crippen molar-refractivity contribution in [3.63, 3.8) is 0 Å². The molecule has 2 aromatic rings. The van der Waals surface area contributed by atoms with Crippen molar-refractivity contribution >= 4 is 29.1 Å². The van der Waals surface area contributed by atoms with E-state index in [1.807, 2.05) is 0 Å². The van der Waals surface area contributed by atoms with Crippen LogP contribution in [0.5, 0.6) is 11.5 Å². The van der Waals surface area contributed by atoms with Gasteiger partial charge in [0.25, 0.3) is 11.7 Å². The minimum atomic E-state index is -0.810. The fourth-order valence-electron chi connectivity index (χ4n) is 3.67. The Labute approximate surface area is 185 Å². The molecule has 1 amide bonds. The van der Waals surface area contributed by atoms with E-state index in [0.29, 0.717) is 40.7 Å². The van der Waals surface area contributed by atoms with E-state index in [0.717, 1.165) is 0 Å². The van der Waals surface area contributed by atoms with Crippen LogP contribution in [0, 0.1) is 0 Å². The lowest BCUT2D eigenvalue weighted by Gasteiger charge is -2.26. The number of likely N-dealkylation sites (tertiary alicyclic amines) is 1. The van der Waals surface area contributed by atoms with Gasteiger partial charge in [-0.05, 0) is 30.7 Å². The molecule has 0 aromatic heterocycles. The van der Waals surface area contributed by atoms with E-state index < -0.39 is 17.7 Å². The molecule has 1 fully saturated rings. The maximum absolute atomic E-state index is 13.0. The minimum Gasteiger partial charge on any atom is -0.507 e. The van der Waals surface area contributed by atoms with Gasteiger partial charge in [0.2, 0.25) is 0 Å². The molecule has 0 aliphatic carbocycles. The van der Waals surface area contributed by atoms with Crippen molar-refractivity contribution in [3.8, 4) is 11.5 Å². The van der Waals surface area contributed by atoms with Gasteiger partial charge in [-0.3, -0.25) is 9.59 Å². The lowest BCUT2D eigenvalue weighted by molar-refractivity contribution is -0.140. The number of ether oxygens (including phenoxy) is 3. The Bertz CT molecular complexity index is 1020. The molecule has 0 spiro atoms. The molecule has 0 radical (unpaired) electrons. The zero-order chi connectivity index (χ0) is 22.5. The van der Waals surface area contributed by atoms with E-state index in [2.05, 4.69) is 0 Å². The van der Waals surface area contributed by atoms with Gasteiger partial charge in [0, 0.05) is 31.4 Å². The van der Waals surface area contributed by atoms with Crippen LogP contribution in [0.2, 0.25) is 5.02 Å². The molecule has 1 aliphatic heterocycles. The number of Topliss-reactive ketones (excluding diaryl/α,β-unsaturated/α-hetero) is 1. The fraction of sp³-hybridized carbons (Fsp3) is 0.304. The Hall–Kier alpha value is -3.03. The number of hydrogen-bond acceptors (Lipinski definition) is 6. The largest absolute Gasteiger partial charge is 0.507 e. The Morgan fingerprint density at radius 1 is 1.06 bits per heavy atom. The molecule has 0 saturated carbocycles. The van der Waals surface area contributed by atoms with Crippen LogP contribution >= 0.6 is 11.6 Å². The second-order valence-corrected chi connectivity index (χ2v) is 7.34. The van der Waals surface area contributed by atoms with E-state index in [1.165, 1.54) is 25.2 Å². The van der Waals surface area contributed by atoms with Crippen LogP contribution < -0.4 is 9.47 Å². The molecule has 1 atom stereocenters. The molecule has 1 aliphatic rings. The van der Waals surface area contributed by atoms with Gasteiger partial charge in [-0.1, -0.05) is 29.8 Å². The predicted octanol–water partition coefficient (Wildman–Crippen LogP) is 3.82. The molecule has 0 bridgehead atoms. The Morgan fingerprint density at radius 3 is 2.45 bits per heavy atom. The van der Waals surface area contributed by atoms with Crippen molar-refractivity contribution in [2.45, 2.75) is 12.5 Å². The number of nitrogens with zero attached hydrogens (tertiary/aromatic N) is 1. The highest BCUT2D eigenvalue weighted by molar-refractivity contribution is 6.46. The molecule has 164 valence electrons. The molecule has 3 rings (SSSR count). The number of aliphatic hydroxyl groups excluding tert-OH is 1. The van der Waals surface area contributed by atoms with Gasteiger partial charge < -0.3 is 24.2 Å². The molecule has 1 heterocycles. The van der Waals surface area contributed by atoms with Crippen molar-refractivity contribution in [1.29, 1.82) is 0 Å². The number of rotatable bonds is 8. The average molecular weight is 446 g/mol. The number of ketones is 1. The third-order valence-corrected chi connectivity index (χ3v) is 5.46. The average Bonchev–Trinajstić information content (AvgIpc) is 3.04. The van der Waals surface area contributed by atoms with Crippen molar-refractivity contribution < 1.29 is 28.9 Å². The Balaban J connectivity index is 2.19. The van der Waals surface area contributed by atoms with Crippen LogP contribution in [0.3, 0.4) is 0 Å². The van der Waals surface area contributed by atoms with Crippen LogP contribution in [0.15, 0.2) is 48.0 Å². The Kier molecular flexibility index (Phi) is 7.20. The van der Waals surface area contributed by atoms with Gasteiger partial charge in [0.15, 0.2) is 0 Å². The first kappa shape index (κ1) is 22.7. The molecule has 7 nitrogen and oxygen atoms in total. The fourth-order valence-corrected chi connectivity index (χ4v) is 3.86. The number of methoxy groups -OCH3 is 3. The van der Waals surface area contributed by atoms with Gasteiger partial charge in [0.05, 0.1) is 30.9 Å². The highest BCUT2D eigenvalue weighted by atomic mass is 35.5. The number of amides is 1. The molecule has 2 aromatic carbocycles. The summed E-state index contributed by atoms with van der Waals surface area (Å²) in [4.78, 5) is 27.4. The number of para-hydroxylation sites is 1. The van der Waals surface area contributed by atoms with Crippen LogP contribution in [-0.2, 0) is 14.3 Å². The summed E-state index contributed by atoms with van der Waals surface area (Å²) in [6.45, 7) is 0.706. The molecule has 1 N–H and O–H groups in total. The second kappa shape index (κ2) is 9.85. The van der Waals surface area contributed by atoms with Crippen molar-refractivity contribution in [1.82, 2.24) is 4.90 Å². The molecule has 1 unspecified atom stereocenters. The maximum atomic E-state index is 13.0. The lowest BCUT2D eigenvalue weighted by atomic mass is 9.94. The normalized spacial score (nSPS) is 17.8. The Morgan fingerprint density at radius 2 is 1.77 bits per heavy atom. The maximum Gasteiger partial charge on any atom is 0.295 e. The molecule has 31 heavy (non-hydrogen) atoms. The molecule has 1 saturated heterocycles. The number of aliphatic hydroxyl groups is 1. The minimum absolute atomic E-state index is 0.0173. The van der Waals surface area contributed by atoms with Crippen LogP contribution in [0.25, 0.3) is 5.76 Å². The highest BCUT2D eigenvalue weighted by Crippen LogP contribution is 2.43. The van der Waals surface area contributed by atoms with E-state index >= 15 is 0 Å². The summed E-state index contributed by atoms with van der Waals surface area (Å²) in [5.41, 5.74) is 0.899. The highest BCUT2D eigenvalue weighted by Gasteiger charge is 2.46. The summed E-state index contributed by atoms with van der Waals surface area (Å²) >= 11 is 6.09. The van der Waals surface area contributed by atoms with Gasteiger partial charge in [-0.25, -0.2) is 0 Å². The van der Waals surface area contributed by atoms with Gasteiger partial charge in [-0.15, -0.1) is 0 Å². The summed E-state index contributed by atoms with van der Waals surface area (Å²) in [5.74, 6) is -0.910. The summed E-state index contributed by atoms with van der Waals surface area (Å²) < 4.78 is 15.8. The first-order chi connectivity index (χ1) is 14.9. The number of benzene rings is 2. The van der Waals surface area contributed by atoms with Crippen LogP contribution in [0.1, 0.15) is 23.6 Å². The van der Waals surface area contributed by atoms with Crippen LogP contribution in [0.4, 0.5) is 0 Å².